The summed E-state index contributed by atoms with van der Waals surface area (Å²) in [5.74, 6) is -0.0139. The monoisotopic (exact) mass is 331 g/mol. The smallest absolute Gasteiger partial charge is 0.288 e. The Bertz CT molecular complexity index is 844. The van der Waals surface area contributed by atoms with Gasteiger partial charge in [-0.15, -0.1) is 0 Å². The van der Waals surface area contributed by atoms with Gasteiger partial charge in [-0.3, -0.25) is 24.3 Å². The van der Waals surface area contributed by atoms with E-state index in [9.17, 15) is 19.7 Å². The lowest BCUT2D eigenvalue weighted by atomic mass is 10.2. The molecule has 0 aliphatic carbocycles. The molecule has 24 heavy (non-hydrogen) atoms. The number of benzene rings is 1. The van der Waals surface area contributed by atoms with Crippen LogP contribution in [0.4, 0.5) is 11.4 Å². The molecule has 1 atom stereocenters. The normalized spacial score (nSPS) is 11.6. The highest BCUT2D eigenvalue weighted by molar-refractivity contribution is 5.94. The molecule has 8 nitrogen and oxygen atoms in total. The van der Waals surface area contributed by atoms with Crippen molar-refractivity contribution in [2.24, 2.45) is 0 Å². The molecule has 0 fully saturated rings. The Morgan fingerprint density at radius 2 is 2.04 bits per heavy atom. The van der Waals surface area contributed by atoms with Gasteiger partial charge in [0.25, 0.3) is 11.2 Å². The molecule has 8 heteroatoms. The molecule has 2 aromatic rings. The Hall–Kier alpha value is -3.16. The third kappa shape index (κ3) is 3.43. The molecule has 1 N–H and O–H groups in total. The van der Waals surface area contributed by atoms with Crippen LogP contribution in [0.3, 0.4) is 0 Å². The third-order valence-electron chi connectivity index (χ3n) is 3.62. The quantitative estimate of drug-likeness (QED) is 0.668. The Balaban J connectivity index is 2.33. The van der Waals surface area contributed by atoms with Crippen LogP contribution in [0.5, 0.6) is 5.75 Å². The van der Waals surface area contributed by atoms with Crippen molar-refractivity contribution in [3.05, 3.63) is 62.6 Å². The summed E-state index contributed by atoms with van der Waals surface area (Å²) in [6.07, 6.45) is 1.09. The summed E-state index contributed by atoms with van der Waals surface area (Å²) in [5, 5.41) is 13.7. The van der Waals surface area contributed by atoms with Gasteiger partial charge in [-0.2, -0.15) is 0 Å². The zero-order valence-corrected chi connectivity index (χ0v) is 13.5. The Labute approximate surface area is 137 Å². The van der Waals surface area contributed by atoms with Crippen molar-refractivity contribution in [2.45, 2.75) is 19.9 Å². The van der Waals surface area contributed by atoms with E-state index >= 15 is 0 Å². The molecule has 1 amide bonds. The van der Waals surface area contributed by atoms with Gasteiger partial charge in [-0.1, -0.05) is 12.1 Å². The van der Waals surface area contributed by atoms with Crippen LogP contribution in [0.15, 0.2) is 41.3 Å². The molecule has 0 saturated heterocycles. The van der Waals surface area contributed by atoms with Gasteiger partial charge < -0.3 is 10.1 Å². The van der Waals surface area contributed by atoms with Gasteiger partial charge in [0, 0.05) is 11.6 Å². The first kappa shape index (κ1) is 17.2. The number of methoxy groups -OCH3 is 1. The molecule has 1 aromatic carbocycles. The number of ether oxygens (including phenoxy) is 1. The van der Waals surface area contributed by atoms with Crippen LogP contribution in [0.2, 0.25) is 0 Å². The van der Waals surface area contributed by atoms with Crippen molar-refractivity contribution in [3.8, 4) is 5.75 Å². The van der Waals surface area contributed by atoms with Gasteiger partial charge in [0.05, 0.1) is 23.9 Å². The molecular weight excluding hydrogens is 314 g/mol. The van der Waals surface area contributed by atoms with Gasteiger partial charge in [0.15, 0.2) is 0 Å². The molecule has 2 rings (SSSR count). The highest BCUT2D eigenvalue weighted by Gasteiger charge is 2.21. The number of nitro groups is 1. The second-order valence-electron chi connectivity index (χ2n) is 5.21. The Morgan fingerprint density at radius 1 is 1.38 bits per heavy atom. The highest BCUT2D eigenvalue weighted by atomic mass is 16.6. The molecule has 1 unspecified atom stereocenters. The van der Waals surface area contributed by atoms with Crippen molar-refractivity contribution in [2.75, 3.05) is 12.4 Å². The number of aromatic nitrogens is 1. The van der Waals surface area contributed by atoms with E-state index in [-0.39, 0.29) is 11.3 Å². The summed E-state index contributed by atoms with van der Waals surface area (Å²) in [7, 11) is 1.47. The van der Waals surface area contributed by atoms with Gasteiger partial charge in [0.2, 0.25) is 5.91 Å². The van der Waals surface area contributed by atoms with E-state index in [2.05, 4.69) is 5.32 Å². The van der Waals surface area contributed by atoms with Gasteiger partial charge in [-0.25, -0.2) is 0 Å². The summed E-state index contributed by atoms with van der Waals surface area (Å²) in [6.45, 7) is 2.97. The van der Waals surface area contributed by atoms with Crippen LogP contribution in [-0.4, -0.2) is 22.5 Å². The molecular formula is C16H17N3O5. The molecule has 0 spiro atoms. The fraction of sp³-hybridized carbons (Fsp3) is 0.250. The van der Waals surface area contributed by atoms with E-state index in [1.807, 2.05) is 0 Å². The number of nitrogens with zero attached hydrogens (tertiary/aromatic N) is 2. The maximum Gasteiger partial charge on any atom is 0.288 e. The van der Waals surface area contributed by atoms with Crippen molar-refractivity contribution in [3.63, 3.8) is 0 Å². The summed E-state index contributed by atoms with van der Waals surface area (Å²) < 4.78 is 6.19. The molecule has 1 aromatic heterocycles. The fourth-order valence-corrected chi connectivity index (χ4v) is 2.24. The van der Waals surface area contributed by atoms with Gasteiger partial charge >= 0.3 is 0 Å². The number of amides is 1. The number of rotatable bonds is 5. The van der Waals surface area contributed by atoms with E-state index in [1.54, 1.807) is 24.3 Å². The summed E-state index contributed by atoms with van der Waals surface area (Å²) >= 11 is 0. The topological polar surface area (TPSA) is 103 Å². The average molecular weight is 331 g/mol. The molecule has 0 saturated carbocycles. The molecule has 0 aliphatic rings. The summed E-state index contributed by atoms with van der Waals surface area (Å²) in [5.41, 5.74) is -0.00239. The maximum atomic E-state index is 12.4. The summed E-state index contributed by atoms with van der Waals surface area (Å²) in [6, 6.07) is 7.04. The lowest BCUT2D eigenvalue weighted by Crippen LogP contribution is -2.31. The Kier molecular flexibility index (Phi) is 4.98. The van der Waals surface area contributed by atoms with Crippen LogP contribution in [0, 0.1) is 17.0 Å². The molecule has 126 valence electrons. The minimum Gasteiger partial charge on any atom is -0.495 e. The van der Waals surface area contributed by atoms with Crippen LogP contribution in [-0.2, 0) is 4.79 Å². The van der Waals surface area contributed by atoms with Crippen molar-refractivity contribution >= 4 is 17.3 Å². The molecule has 0 radical (unpaired) electrons. The minimum atomic E-state index is -0.929. The number of nitrogens with one attached hydrogen (secondary N) is 1. The number of carbonyl (C=O) groups is 1. The second-order valence-corrected chi connectivity index (χ2v) is 5.21. The lowest BCUT2D eigenvalue weighted by Gasteiger charge is -2.16. The van der Waals surface area contributed by atoms with E-state index in [0.717, 1.165) is 16.8 Å². The van der Waals surface area contributed by atoms with Crippen LogP contribution in [0.25, 0.3) is 0 Å². The van der Waals surface area contributed by atoms with Crippen molar-refractivity contribution in [1.29, 1.82) is 0 Å². The molecule has 1 heterocycles. The predicted molar refractivity (Wildman–Crippen MR) is 88.4 cm³/mol. The number of anilines is 1. The van der Waals surface area contributed by atoms with E-state index in [1.165, 1.54) is 21.0 Å². The second kappa shape index (κ2) is 6.95. The van der Waals surface area contributed by atoms with Crippen molar-refractivity contribution < 1.29 is 14.5 Å². The SMILES string of the molecule is COc1ccccc1NC(=O)C(C)n1cc([N+](=O)[O-])c(C)cc1=O. The third-order valence-corrected chi connectivity index (χ3v) is 3.62. The number of pyridine rings is 1. The zero-order chi connectivity index (χ0) is 17.9. The standard InChI is InChI=1S/C16H17N3O5/c1-10-8-15(20)18(9-13(10)19(22)23)11(2)16(21)17-12-6-4-5-7-14(12)24-3/h4-9,11H,1-3H3,(H,17,21). The molecule has 0 bridgehead atoms. The first-order chi connectivity index (χ1) is 11.3. The maximum absolute atomic E-state index is 12.4. The number of carbonyl (C=O) groups excluding carboxylic acids is 1. The van der Waals surface area contributed by atoms with Gasteiger partial charge in [-0.05, 0) is 26.0 Å². The number of para-hydroxylation sites is 2. The van der Waals surface area contributed by atoms with E-state index < -0.39 is 22.4 Å². The van der Waals surface area contributed by atoms with Crippen molar-refractivity contribution in [1.82, 2.24) is 4.57 Å². The number of aryl methyl sites for hydroxylation is 1. The average Bonchev–Trinajstić information content (AvgIpc) is 2.54. The van der Waals surface area contributed by atoms with E-state index in [4.69, 9.17) is 4.74 Å². The van der Waals surface area contributed by atoms with Crippen LogP contribution < -0.4 is 15.6 Å². The Morgan fingerprint density at radius 3 is 2.67 bits per heavy atom. The van der Waals surface area contributed by atoms with Crippen LogP contribution >= 0.6 is 0 Å². The van der Waals surface area contributed by atoms with Crippen LogP contribution in [0.1, 0.15) is 18.5 Å². The predicted octanol–water partition coefficient (Wildman–Crippen LogP) is 2.27. The number of hydrogen-bond donors (Lipinski definition) is 1. The zero-order valence-electron chi connectivity index (χ0n) is 13.5. The largest absolute Gasteiger partial charge is 0.495 e. The first-order valence-electron chi connectivity index (χ1n) is 7.16. The van der Waals surface area contributed by atoms with E-state index in [0.29, 0.717) is 11.4 Å². The minimum absolute atomic E-state index is 0.216. The van der Waals surface area contributed by atoms with Gasteiger partial charge in [0.1, 0.15) is 11.8 Å². The lowest BCUT2D eigenvalue weighted by molar-refractivity contribution is -0.386. The molecule has 0 aliphatic heterocycles. The summed E-state index contributed by atoms with van der Waals surface area (Å²) in [4.78, 5) is 34.9. The fourth-order valence-electron chi connectivity index (χ4n) is 2.24. The first-order valence-corrected chi connectivity index (χ1v) is 7.16. The number of hydrogen-bond acceptors (Lipinski definition) is 5. The highest BCUT2D eigenvalue weighted by Crippen LogP contribution is 2.24.